The van der Waals surface area contributed by atoms with Crippen LogP contribution in [-0.4, -0.2) is 22.2 Å². The molecule has 0 fully saturated rings. The summed E-state index contributed by atoms with van der Waals surface area (Å²) in [5, 5.41) is 23.0. The van der Waals surface area contributed by atoms with Crippen molar-refractivity contribution >= 4 is 21.6 Å². The first-order chi connectivity index (χ1) is 7.85. The SMILES string of the molecule is CC(C)(CO)NCc1cc(Br)ccc1[N+](=O)[O-]. The maximum Gasteiger partial charge on any atom is 0.273 e. The van der Waals surface area contributed by atoms with Crippen molar-refractivity contribution < 1.29 is 10.0 Å². The number of nitro groups is 1. The van der Waals surface area contributed by atoms with Crippen LogP contribution < -0.4 is 5.32 Å². The van der Waals surface area contributed by atoms with Crippen LogP contribution in [0.3, 0.4) is 0 Å². The van der Waals surface area contributed by atoms with Crippen molar-refractivity contribution in [1.82, 2.24) is 5.32 Å². The molecule has 0 radical (unpaired) electrons. The molecule has 0 aliphatic heterocycles. The zero-order valence-electron chi connectivity index (χ0n) is 9.74. The lowest BCUT2D eigenvalue weighted by Gasteiger charge is -2.23. The topological polar surface area (TPSA) is 75.4 Å². The summed E-state index contributed by atoms with van der Waals surface area (Å²) < 4.78 is 0.793. The van der Waals surface area contributed by atoms with Crippen molar-refractivity contribution in [3.8, 4) is 0 Å². The van der Waals surface area contributed by atoms with Crippen LogP contribution in [0.25, 0.3) is 0 Å². The van der Waals surface area contributed by atoms with Gasteiger partial charge in [0.15, 0.2) is 0 Å². The fourth-order valence-corrected chi connectivity index (χ4v) is 1.67. The Balaban J connectivity index is 2.89. The highest BCUT2D eigenvalue weighted by Gasteiger charge is 2.19. The Bertz CT molecular complexity index is 421. The van der Waals surface area contributed by atoms with E-state index in [9.17, 15) is 10.1 Å². The molecule has 0 heterocycles. The molecule has 0 amide bonds. The molecule has 6 heteroatoms. The Morgan fingerprint density at radius 1 is 1.53 bits per heavy atom. The summed E-state index contributed by atoms with van der Waals surface area (Å²) in [6.07, 6.45) is 0. The van der Waals surface area contributed by atoms with Gasteiger partial charge in [0.25, 0.3) is 5.69 Å². The van der Waals surface area contributed by atoms with Gasteiger partial charge < -0.3 is 10.4 Å². The van der Waals surface area contributed by atoms with E-state index in [4.69, 9.17) is 5.11 Å². The molecule has 1 aromatic rings. The fourth-order valence-electron chi connectivity index (χ4n) is 1.26. The summed E-state index contributed by atoms with van der Waals surface area (Å²) in [5.74, 6) is 0. The van der Waals surface area contributed by atoms with E-state index in [2.05, 4.69) is 21.2 Å². The number of hydrogen-bond acceptors (Lipinski definition) is 4. The summed E-state index contributed by atoms with van der Waals surface area (Å²) in [6.45, 7) is 3.96. The van der Waals surface area contributed by atoms with Crippen LogP contribution in [0.1, 0.15) is 19.4 Å². The van der Waals surface area contributed by atoms with Gasteiger partial charge in [-0.25, -0.2) is 0 Å². The molecule has 0 bridgehead atoms. The maximum absolute atomic E-state index is 10.8. The molecule has 2 N–H and O–H groups in total. The minimum absolute atomic E-state index is 0.0329. The Labute approximate surface area is 108 Å². The van der Waals surface area contributed by atoms with Gasteiger partial charge in [0.1, 0.15) is 0 Å². The number of aliphatic hydroxyl groups excluding tert-OH is 1. The second-order valence-corrected chi connectivity index (χ2v) is 5.34. The Kier molecular flexibility index (Phi) is 4.62. The van der Waals surface area contributed by atoms with E-state index in [1.807, 2.05) is 13.8 Å². The number of nitrogens with one attached hydrogen (secondary N) is 1. The van der Waals surface area contributed by atoms with Gasteiger partial charge in [-0.15, -0.1) is 0 Å². The molecule has 0 atom stereocenters. The molecule has 0 aromatic heterocycles. The quantitative estimate of drug-likeness (QED) is 0.646. The average Bonchev–Trinajstić information content (AvgIpc) is 2.26. The first-order valence-corrected chi connectivity index (χ1v) is 5.94. The van der Waals surface area contributed by atoms with Gasteiger partial charge in [-0.1, -0.05) is 15.9 Å². The monoisotopic (exact) mass is 302 g/mol. The van der Waals surface area contributed by atoms with E-state index in [0.717, 1.165) is 4.47 Å². The largest absolute Gasteiger partial charge is 0.394 e. The van der Waals surface area contributed by atoms with Crippen molar-refractivity contribution in [2.24, 2.45) is 0 Å². The summed E-state index contributed by atoms with van der Waals surface area (Å²) >= 11 is 3.28. The molecule has 5 nitrogen and oxygen atoms in total. The van der Waals surface area contributed by atoms with E-state index >= 15 is 0 Å². The molecule has 0 unspecified atom stereocenters. The van der Waals surface area contributed by atoms with Crippen molar-refractivity contribution in [2.75, 3.05) is 6.61 Å². The zero-order valence-corrected chi connectivity index (χ0v) is 11.3. The third kappa shape index (κ3) is 4.07. The normalized spacial score (nSPS) is 11.5. The average molecular weight is 303 g/mol. The van der Waals surface area contributed by atoms with Crippen molar-refractivity contribution in [2.45, 2.75) is 25.9 Å². The third-order valence-corrected chi connectivity index (χ3v) is 2.88. The molecular weight excluding hydrogens is 288 g/mol. The lowest BCUT2D eigenvalue weighted by molar-refractivity contribution is -0.385. The standard InChI is InChI=1S/C11H15BrN2O3/c1-11(2,7-15)13-6-8-5-9(12)3-4-10(8)14(16)17/h3-5,13,15H,6-7H2,1-2H3. The molecule has 0 saturated heterocycles. The van der Waals surface area contributed by atoms with Crippen molar-refractivity contribution in [3.63, 3.8) is 0 Å². The number of hydrogen-bond donors (Lipinski definition) is 2. The minimum atomic E-state index is -0.462. The molecule has 0 aliphatic carbocycles. The number of halogens is 1. The summed E-state index contributed by atoms with van der Waals surface area (Å²) in [7, 11) is 0. The highest BCUT2D eigenvalue weighted by molar-refractivity contribution is 9.10. The second-order valence-electron chi connectivity index (χ2n) is 4.43. The molecule has 0 aliphatic rings. The number of nitrogens with zero attached hydrogens (tertiary/aromatic N) is 1. The van der Waals surface area contributed by atoms with Crippen LogP contribution in [0.5, 0.6) is 0 Å². The summed E-state index contributed by atoms with van der Waals surface area (Å²) in [4.78, 5) is 10.4. The summed E-state index contributed by atoms with van der Waals surface area (Å²) in [6, 6.07) is 4.81. The van der Waals surface area contributed by atoms with Gasteiger partial charge in [-0.3, -0.25) is 10.1 Å². The molecule has 0 saturated carbocycles. The van der Waals surface area contributed by atoms with E-state index in [-0.39, 0.29) is 12.3 Å². The van der Waals surface area contributed by atoms with Crippen LogP contribution in [0.15, 0.2) is 22.7 Å². The van der Waals surface area contributed by atoms with Gasteiger partial charge in [0.05, 0.1) is 11.5 Å². The Morgan fingerprint density at radius 3 is 2.71 bits per heavy atom. The van der Waals surface area contributed by atoms with Gasteiger partial charge in [-0.05, 0) is 26.0 Å². The maximum atomic E-state index is 10.8. The van der Waals surface area contributed by atoms with E-state index < -0.39 is 10.5 Å². The molecule has 94 valence electrons. The van der Waals surface area contributed by atoms with Crippen LogP contribution >= 0.6 is 15.9 Å². The smallest absolute Gasteiger partial charge is 0.273 e. The Hall–Kier alpha value is -0.980. The molecule has 1 aromatic carbocycles. The van der Waals surface area contributed by atoms with Gasteiger partial charge in [-0.2, -0.15) is 0 Å². The highest BCUT2D eigenvalue weighted by Crippen LogP contribution is 2.23. The van der Waals surface area contributed by atoms with Crippen LogP contribution in [0.2, 0.25) is 0 Å². The lowest BCUT2D eigenvalue weighted by Crippen LogP contribution is -2.42. The fraction of sp³-hybridized carbons (Fsp3) is 0.455. The van der Waals surface area contributed by atoms with Gasteiger partial charge in [0.2, 0.25) is 0 Å². The van der Waals surface area contributed by atoms with Gasteiger partial charge >= 0.3 is 0 Å². The van der Waals surface area contributed by atoms with Crippen molar-refractivity contribution in [1.29, 1.82) is 0 Å². The number of aliphatic hydroxyl groups is 1. The lowest BCUT2D eigenvalue weighted by atomic mass is 10.1. The zero-order chi connectivity index (χ0) is 13.1. The van der Waals surface area contributed by atoms with E-state index in [0.29, 0.717) is 12.1 Å². The first kappa shape index (κ1) is 14.1. The highest BCUT2D eigenvalue weighted by atomic mass is 79.9. The number of rotatable bonds is 5. The summed E-state index contributed by atoms with van der Waals surface area (Å²) in [5.41, 5.74) is 0.205. The third-order valence-electron chi connectivity index (χ3n) is 2.39. The predicted octanol–water partition coefficient (Wildman–Crippen LogP) is 2.22. The van der Waals surface area contributed by atoms with Crippen LogP contribution in [0, 0.1) is 10.1 Å². The predicted molar refractivity (Wildman–Crippen MR) is 68.8 cm³/mol. The van der Waals surface area contributed by atoms with E-state index in [1.165, 1.54) is 6.07 Å². The molecule has 1 rings (SSSR count). The second kappa shape index (κ2) is 5.57. The molecule has 17 heavy (non-hydrogen) atoms. The number of nitro benzene ring substituents is 1. The van der Waals surface area contributed by atoms with Crippen LogP contribution in [-0.2, 0) is 6.54 Å². The Morgan fingerprint density at radius 2 is 2.18 bits per heavy atom. The van der Waals surface area contributed by atoms with Crippen LogP contribution in [0.4, 0.5) is 5.69 Å². The van der Waals surface area contributed by atoms with Gasteiger partial charge in [0, 0.05) is 28.2 Å². The number of benzene rings is 1. The van der Waals surface area contributed by atoms with Crippen molar-refractivity contribution in [3.05, 3.63) is 38.3 Å². The first-order valence-electron chi connectivity index (χ1n) is 5.14. The molecule has 0 spiro atoms. The molecular formula is C11H15BrN2O3. The minimum Gasteiger partial charge on any atom is -0.394 e. The van der Waals surface area contributed by atoms with E-state index in [1.54, 1.807) is 12.1 Å².